The molecule has 1 N–H and O–H groups in total. The number of hydrogen-bond donors (Lipinski definition) is 1. The number of methoxy groups -OCH3 is 1. The van der Waals surface area contributed by atoms with E-state index in [9.17, 15) is 4.79 Å². The maximum absolute atomic E-state index is 13.3. The van der Waals surface area contributed by atoms with E-state index in [2.05, 4.69) is 5.32 Å². The molecule has 4 rings (SSSR count). The van der Waals surface area contributed by atoms with Crippen molar-refractivity contribution in [3.8, 4) is 22.7 Å². The van der Waals surface area contributed by atoms with Gasteiger partial charge in [0.25, 0.3) is 5.91 Å². The van der Waals surface area contributed by atoms with Crippen LogP contribution in [0.4, 0.5) is 5.69 Å². The molecule has 0 atom stereocenters. The van der Waals surface area contributed by atoms with Gasteiger partial charge in [0.05, 0.1) is 18.4 Å². The molecule has 5 nitrogen and oxygen atoms in total. The number of para-hydroxylation sites is 2. The van der Waals surface area contributed by atoms with E-state index in [0.29, 0.717) is 27.7 Å². The molecular weight excluding hydrogens is 398 g/mol. The van der Waals surface area contributed by atoms with Crippen LogP contribution in [-0.4, -0.2) is 22.8 Å². The second kappa shape index (κ2) is 8.43. The Morgan fingerprint density at radius 3 is 2.53 bits per heavy atom. The zero-order chi connectivity index (χ0) is 21.1. The van der Waals surface area contributed by atoms with Crippen LogP contribution in [0.3, 0.4) is 0 Å². The number of anilines is 1. The lowest BCUT2D eigenvalue weighted by atomic mass is 10.1. The molecule has 0 aliphatic rings. The monoisotopic (exact) mass is 417 g/mol. The molecule has 30 heavy (non-hydrogen) atoms. The van der Waals surface area contributed by atoms with Crippen molar-refractivity contribution in [1.82, 2.24) is 9.78 Å². The maximum atomic E-state index is 13.3. The third-order valence-electron chi connectivity index (χ3n) is 4.79. The van der Waals surface area contributed by atoms with E-state index in [4.69, 9.17) is 21.4 Å². The largest absolute Gasteiger partial charge is 0.496 e. The van der Waals surface area contributed by atoms with Crippen molar-refractivity contribution in [2.45, 2.75) is 6.92 Å². The average molecular weight is 418 g/mol. The first-order valence-electron chi connectivity index (χ1n) is 9.43. The van der Waals surface area contributed by atoms with Crippen molar-refractivity contribution in [3.63, 3.8) is 0 Å². The third-order valence-corrected chi connectivity index (χ3v) is 5.02. The highest BCUT2D eigenvalue weighted by Gasteiger charge is 2.21. The van der Waals surface area contributed by atoms with Crippen LogP contribution in [0, 0.1) is 6.92 Å². The number of carbonyl (C=O) groups excluding carboxylic acids is 1. The van der Waals surface area contributed by atoms with E-state index in [0.717, 1.165) is 16.8 Å². The molecule has 4 aromatic rings. The number of carbonyl (C=O) groups is 1. The average Bonchev–Trinajstić information content (AvgIpc) is 3.22. The number of benzene rings is 3. The lowest BCUT2D eigenvalue weighted by Crippen LogP contribution is -2.13. The van der Waals surface area contributed by atoms with Gasteiger partial charge in [-0.05, 0) is 48.9 Å². The summed E-state index contributed by atoms with van der Waals surface area (Å²) < 4.78 is 7.20. The summed E-state index contributed by atoms with van der Waals surface area (Å²) in [5, 5.41) is 8.23. The SMILES string of the molecule is COc1ccccc1-c1nn(-c2ccccc2)cc1C(=O)Nc1cc(Cl)ccc1C. The number of halogens is 1. The molecule has 1 aromatic heterocycles. The van der Waals surface area contributed by atoms with Gasteiger partial charge in [0.1, 0.15) is 11.4 Å². The van der Waals surface area contributed by atoms with Crippen LogP contribution >= 0.6 is 11.6 Å². The zero-order valence-electron chi connectivity index (χ0n) is 16.6. The number of hydrogen-bond acceptors (Lipinski definition) is 3. The lowest BCUT2D eigenvalue weighted by Gasteiger charge is -2.10. The summed E-state index contributed by atoms with van der Waals surface area (Å²) in [5.74, 6) is 0.368. The van der Waals surface area contributed by atoms with Crippen LogP contribution in [0.25, 0.3) is 16.9 Å². The minimum atomic E-state index is -0.275. The van der Waals surface area contributed by atoms with Gasteiger partial charge >= 0.3 is 0 Å². The van der Waals surface area contributed by atoms with Crippen LogP contribution in [0.5, 0.6) is 5.75 Å². The van der Waals surface area contributed by atoms with Crippen LogP contribution in [0.15, 0.2) is 79.0 Å². The molecule has 1 amide bonds. The lowest BCUT2D eigenvalue weighted by molar-refractivity contribution is 0.102. The summed E-state index contributed by atoms with van der Waals surface area (Å²) in [4.78, 5) is 13.3. The van der Waals surface area contributed by atoms with Crippen LogP contribution in [-0.2, 0) is 0 Å². The van der Waals surface area contributed by atoms with Gasteiger partial charge in [0.15, 0.2) is 0 Å². The summed E-state index contributed by atoms with van der Waals surface area (Å²) in [6.45, 7) is 1.92. The second-order valence-electron chi connectivity index (χ2n) is 6.79. The predicted molar refractivity (Wildman–Crippen MR) is 120 cm³/mol. The number of aromatic nitrogens is 2. The van der Waals surface area contributed by atoms with Crippen molar-refractivity contribution < 1.29 is 9.53 Å². The molecule has 0 fully saturated rings. The summed E-state index contributed by atoms with van der Waals surface area (Å²) >= 11 is 6.11. The van der Waals surface area contributed by atoms with E-state index in [1.165, 1.54) is 0 Å². The Morgan fingerprint density at radius 1 is 1.03 bits per heavy atom. The Labute approximate surface area is 179 Å². The summed E-state index contributed by atoms with van der Waals surface area (Å²) in [6.07, 6.45) is 1.73. The molecule has 0 spiro atoms. The van der Waals surface area contributed by atoms with Gasteiger partial charge < -0.3 is 10.1 Å². The molecule has 0 saturated carbocycles. The topological polar surface area (TPSA) is 56.2 Å². The van der Waals surface area contributed by atoms with Crippen molar-refractivity contribution in [1.29, 1.82) is 0 Å². The first-order chi connectivity index (χ1) is 14.6. The summed E-state index contributed by atoms with van der Waals surface area (Å²) in [6, 6.07) is 22.5. The van der Waals surface area contributed by atoms with E-state index >= 15 is 0 Å². The third kappa shape index (κ3) is 3.93. The molecule has 0 aliphatic carbocycles. The van der Waals surface area contributed by atoms with Crippen LogP contribution < -0.4 is 10.1 Å². The Kier molecular flexibility index (Phi) is 5.55. The number of aryl methyl sites for hydroxylation is 1. The van der Waals surface area contributed by atoms with Gasteiger partial charge in [-0.2, -0.15) is 5.10 Å². The normalized spacial score (nSPS) is 10.6. The number of rotatable bonds is 5. The van der Waals surface area contributed by atoms with E-state index in [1.54, 1.807) is 30.1 Å². The number of ether oxygens (including phenoxy) is 1. The number of amides is 1. The van der Waals surface area contributed by atoms with Gasteiger partial charge in [-0.1, -0.05) is 48.0 Å². The first kappa shape index (κ1) is 19.7. The van der Waals surface area contributed by atoms with Crippen molar-refractivity contribution in [2.75, 3.05) is 12.4 Å². The van der Waals surface area contributed by atoms with Crippen molar-refractivity contribution in [2.24, 2.45) is 0 Å². The van der Waals surface area contributed by atoms with E-state index < -0.39 is 0 Å². The zero-order valence-corrected chi connectivity index (χ0v) is 17.4. The summed E-state index contributed by atoms with van der Waals surface area (Å²) in [5.41, 5.74) is 4.14. The van der Waals surface area contributed by atoms with Crippen molar-refractivity contribution in [3.05, 3.63) is 95.1 Å². The minimum absolute atomic E-state index is 0.275. The van der Waals surface area contributed by atoms with Crippen LogP contribution in [0.1, 0.15) is 15.9 Å². The fourth-order valence-electron chi connectivity index (χ4n) is 3.21. The highest BCUT2D eigenvalue weighted by Crippen LogP contribution is 2.32. The fraction of sp³-hybridized carbons (Fsp3) is 0.0833. The predicted octanol–water partition coefficient (Wildman–Crippen LogP) is 5.76. The molecular formula is C24H20ClN3O2. The molecule has 0 aliphatic heterocycles. The van der Waals surface area contributed by atoms with E-state index in [-0.39, 0.29) is 5.91 Å². The first-order valence-corrected chi connectivity index (χ1v) is 9.80. The molecule has 0 unspecified atom stereocenters. The summed E-state index contributed by atoms with van der Waals surface area (Å²) in [7, 11) is 1.60. The Morgan fingerprint density at radius 2 is 1.77 bits per heavy atom. The highest BCUT2D eigenvalue weighted by atomic mass is 35.5. The molecule has 150 valence electrons. The molecule has 6 heteroatoms. The van der Waals surface area contributed by atoms with Gasteiger partial charge in [-0.3, -0.25) is 4.79 Å². The number of nitrogens with one attached hydrogen (secondary N) is 1. The smallest absolute Gasteiger partial charge is 0.259 e. The number of nitrogens with zero attached hydrogens (tertiary/aromatic N) is 2. The molecule has 0 radical (unpaired) electrons. The Balaban J connectivity index is 1.82. The minimum Gasteiger partial charge on any atom is -0.496 e. The van der Waals surface area contributed by atoms with Crippen molar-refractivity contribution >= 4 is 23.2 Å². The molecule has 1 heterocycles. The van der Waals surface area contributed by atoms with Gasteiger partial charge in [-0.15, -0.1) is 0 Å². The van der Waals surface area contributed by atoms with Gasteiger partial charge in [0.2, 0.25) is 0 Å². The molecule has 0 bridgehead atoms. The Hall–Kier alpha value is -3.57. The highest BCUT2D eigenvalue weighted by molar-refractivity contribution is 6.31. The maximum Gasteiger partial charge on any atom is 0.259 e. The van der Waals surface area contributed by atoms with E-state index in [1.807, 2.05) is 67.6 Å². The molecule has 3 aromatic carbocycles. The standard InChI is InChI=1S/C24H20ClN3O2/c1-16-12-13-17(25)14-21(16)26-24(29)20-15-28(18-8-4-3-5-9-18)27-23(20)19-10-6-7-11-22(19)30-2/h3-15H,1-2H3,(H,26,29). The fourth-order valence-corrected chi connectivity index (χ4v) is 3.38. The molecule has 0 saturated heterocycles. The van der Waals surface area contributed by atoms with Crippen LogP contribution in [0.2, 0.25) is 5.02 Å². The Bertz CT molecular complexity index is 1200. The second-order valence-corrected chi connectivity index (χ2v) is 7.22. The van der Waals surface area contributed by atoms with Gasteiger partial charge in [-0.25, -0.2) is 4.68 Å². The quantitative estimate of drug-likeness (QED) is 0.449. The van der Waals surface area contributed by atoms with Gasteiger partial charge in [0, 0.05) is 22.5 Å².